The Kier molecular flexibility index (Phi) is 3.35. The predicted molar refractivity (Wildman–Crippen MR) is 61.5 cm³/mol. The van der Waals surface area contributed by atoms with Gasteiger partial charge in [0.2, 0.25) is 0 Å². The van der Waals surface area contributed by atoms with Gasteiger partial charge in [0.15, 0.2) is 0 Å². The summed E-state index contributed by atoms with van der Waals surface area (Å²) in [5, 5.41) is 15.2. The van der Waals surface area contributed by atoms with Crippen LogP contribution >= 0.6 is 0 Å². The smallest absolute Gasteiger partial charge is 0.305 e. The average molecular weight is 236 g/mol. The lowest BCUT2D eigenvalue weighted by molar-refractivity contribution is -0.139. The highest BCUT2D eigenvalue weighted by atomic mass is 16.4. The lowest BCUT2D eigenvalue weighted by atomic mass is 9.88. The second kappa shape index (κ2) is 4.77. The number of hydrogen-bond acceptors (Lipinski definition) is 5. The van der Waals surface area contributed by atoms with E-state index < -0.39 is 5.97 Å². The van der Waals surface area contributed by atoms with Crippen molar-refractivity contribution in [1.82, 2.24) is 20.6 Å². The van der Waals surface area contributed by atoms with Crippen LogP contribution in [0.2, 0.25) is 0 Å². The molecule has 2 rings (SSSR count). The summed E-state index contributed by atoms with van der Waals surface area (Å²) < 4.78 is 0. The van der Waals surface area contributed by atoms with E-state index >= 15 is 0 Å². The lowest BCUT2D eigenvalue weighted by Crippen LogP contribution is -2.68. The Morgan fingerprint density at radius 2 is 2.29 bits per heavy atom. The zero-order chi connectivity index (χ0) is 12.3. The fourth-order valence-electron chi connectivity index (χ4n) is 1.82. The van der Waals surface area contributed by atoms with Crippen LogP contribution in [-0.4, -0.2) is 39.7 Å². The summed E-state index contributed by atoms with van der Waals surface area (Å²) in [6.45, 7) is 3.78. The van der Waals surface area contributed by atoms with E-state index in [1.807, 2.05) is 6.92 Å². The van der Waals surface area contributed by atoms with Crippen LogP contribution < -0.4 is 10.6 Å². The van der Waals surface area contributed by atoms with Crippen molar-refractivity contribution < 1.29 is 9.90 Å². The fraction of sp³-hybridized carbons (Fsp3) is 0.545. The zero-order valence-electron chi connectivity index (χ0n) is 9.73. The molecular formula is C11H16N4O2. The molecule has 0 atom stereocenters. The molecule has 0 bridgehead atoms. The van der Waals surface area contributed by atoms with E-state index in [2.05, 4.69) is 20.6 Å². The van der Waals surface area contributed by atoms with Crippen LogP contribution in [0.4, 0.5) is 0 Å². The summed E-state index contributed by atoms with van der Waals surface area (Å²) in [6.07, 6.45) is 3.54. The number of aromatic nitrogens is 2. The summed E-state index contributed by atoms with van der Waals surface area (Å²) in [6, 6.07) is 0. The molecule has 1 aromatic heterocycles. The van der Waals surface area contributed by atoms with Crippen LogP contribution in [0.25, 0.3) is 0 Å². The summed E-state index contributed by atoms with van der Waals surface area (Å²) >= 11 is 0. The van der Waals surface area contributed by atoms with Crippen LogP contribution in [0.5, 0.6) is 0 Å². The van der Waals surface area contributed by atoms with Gasteiger partial charge in [-0.15, -0.1) is 0 Å². The minimum Gasteiger partial charge on any atom is -0.481 e. The normalized spacial score (nSPS) is 17.5. The number of carbonyl (C=O) groups is 1. The molecule has 3 N–H and O–H groups in total. The van der Waals surface area contributed by atoms with Crippen molar-refractivity contribution in [2.45, 2.75) is 25.4 Å². The van der Waals surface area contributed by atoms with Crippen LogP contribution in [0.3, 0.4) is 0 Å². The van der Waals surface area contributed by atoms with Gasteiger partial charge in [-0.25, -0.2) is 0 Å². The Bertz CT molecular complexity index is 400. The van der Waals surface area contributed by atoms with E-state index in [0.29, 0.717) is 19.6 Å². The molecule has 0 aromatic carbocycles. The number of rotatable bonds is 5. The Morgan fingerprint density at radius 3 is 2.76 bits per heavy atom. The molecule has 1 aromatic rings. The van der Waals surface area contributed by atoms with E-state index in [-0.39, 0.29) is 12.0 Å². The number of aliphatic carboxylic acids is 1. The van der Waals surface area contributed by atoms with Crippen molar-refractivity contribution >= 4 is 5.97 Å². The second-order valence-corrected chi connectivity index (χ2v) is 4.46. The Balaban J connectivity index is 1.92. The molecule has 17 heavy (non-hydrogen) atoms. The highest BCUT2D eigenvalue weighted by molar-refractivity contribution is 5.68. The number of nitrogens with zero attached hydrogens (tertiary/aromatic N) is 2. The average Bonchev–Trinajstić information content (AvgIpc) is 2.23. The molecule has 1 aliphatic rings. The van der Waals surface area contributed by atoms with Gasteiger partial charge < -0.3 is 15.7 Å². The van der Waals surface area contributed by atoms with Gasteiger partial charge in [0.05, 0.1) is 23.3 Å². The summed E-state index contributed by atoms with van der Waals surface area (Å²) in [5.74, 6) is -0.783. The largest absolute Gasteiger partial charge is 0.481 e. The monoisotopic (exact) mass is 236 g/mol. The first kappa shape index (κ1) is 11.9. The predicted octanol–water partition coefficient (Wildman–Crippen LogP) is -0.309. The van der Waals surface area contributed by atoms with Crippen molar-refractivity contribution in [1.29, 1.82) is 0 Å². The highest BCUT2D eigenvalue weighted by Crippen LogP contribution is 2.16. The fourth-order valence-corrected chi connectivity index (χ4v) is 1.82. The van der Waals surface area contributed by atoms with Gasteiger partial charge in [-0.05, 0) is 6.92 Å². The molecule has 1 saturated heterocycles. The van der Waals surface area contributed by atoms with Crippen molar-refractivity contribution in [3.05, 3.63) is 23.8 Å². The van der Waals surface area contributed by atoms with Crippen molar-refractivity contribution in [2.24, 2.45) is 0 Å². The number of aryl methyl sites for hydroxylation is 1. The highest BCUT2D eigenvalue weighted by Gasteiger charge is 2.38. The van der Waals surface area contributed by atoms with E-state index in [4.69, 9.17) is 5.11 Å². The Morgan fingerprint density at radius 1 is 1.53 bits per heavy atom. The summed E-state index contributed by atoms with van der Waals surface area (Å²) in [4.78, 5) is 19.1. The van der Waals surface area contributed by atoms with Crippen LogP contribution in [0.1, 0.15) is 17.8 Å². The molecule has 92 valence electrons. The number of carboxylic acid groups (broad SMARTS) is 1. The minimum atomic E-state index is -0.783. The Labute approximate surface area is 99.5 Å². The first-order valence-corrected chi connectivity index (χ1v) is 5.55. The molecule has 1 aliphatic heterocycles. The molecular weight excluding hydrogens is 220 g/mol. The molecule has 6 heteroatoms. The molecule has 0 spiro atoms. The third kappa shape index (κ3) is 2.98. The van der Waals surface area contributed by atoms with Gasteiger partial charge in [0.25, 0.3) is 0 Å². The van der Waals surface area contributed by atoms with E-state index in [0.717, 1.165) is 11.4 Å². The SMILES string of the molecule is Cc1cnc(CNC2(CC(=O)O)CNC2)cn1. The summed E-state index contributed by atoms with van der Waals surface area (Å²) in [5.41, 5.74) is 1.37. The minimum absolute atomic E-state index is 0.124. The molecule has 2 heterocycles. The maximum Gasteiger partial charge on any atom is 0.305 e. The third-order valence-electron chi connectivity index (χ3n) is 2.90. The quantitative estimate of drug-likeness (QED) is 0.650. The van der Waals surface area contributed by atoms with Gasteiger partial charge in [0.1, 0.15) is 0 Å². The standard InChI is InChI=1S/C11H16N4O2/c1-8-3-14-9(4-13-8)5-15-11(2-10(16)17)6-12-7-11/h3-4,12,15H,2,5-7H2,1H3,(H,16,17). The van der Waals surface area contributed by atoms with Crippen LogP contribution in [0, 0.1) is 6.92 Å². The Hall–Kier alpha value is -1.53. The van der Waals surface area contributed by atoms with Gasteiger partial charge in [-0.1, -0.05) is 0 Å². The van der Waals surface area contributed by atoms with Crippen molar-refractivity contribution in [3.8, 4) is 0 Å². The van der Waals surface area contributed by atoms with Crippen LogP contribution in [0.15, 0.2) is 12.4 Å². The number of hydrogen-bond donors (Lipinski definition) is 3. The van der Waals surface area contributed by atoms with E-state index in [9.17, 15) is 4.79 Å². The first-order valence-electron chi connectivity index (χ1n) is 5.55. The van der Waals surface area contributed by atoms with Gasteiger partial charge in [-0.3, -0.25) is 14.8 Å². The van der Waals surface area contributed by atoms with Crippen molar-refractivity contribution in [3.63, 3.8) is 0 Å². The van der Waals surface area contributed by atoms with Crippen LogP contribution in [-0.2, 0) is 11.3 Å². The molecule has 6 nitrogen and oxygen atoms in total. The third-order valence-corrected chi connectivity index (χ3v) is 2.90. The molecule has 0 aliphatic carbocycles. The topological polar surface area (TPSA) is 87.1 Å². The van der Waals surface area contributed by atoms with Gasteiger partial charge in [-0.2, -0.15) is 0 Å². The molecule has 1 fully saturated rings. The lowest BCUT2D eigenvalue weighted by Gasteiger charge is -2.42. The molecule has 0 saturated carbocycles. The molecule has 0 amide bonds. The maximum atomic E-state index is 10.8. The van der Waals surface area contributed by atoms with Crippen molar-refractivity contribution in [2.75, 3.05) is 13.1 Å². The van der Waals surface area contributed by atoms with E-state index in [1.165, 1.54) is 0 Å². The first-order chi connectivity index (χ1) is 8.10. The molecule has 0 radical (unpaired) electrons. The van der Waals surface area contributed by atoms with E-state index in [1.54, 1.807) is 12.4 Å². The number of carboxylic acids is 1. The summed E-state index contributed by atoms with van der Waals surface area (Å²) in [7, 11) is 0. The van der Waals surface area contributed by atoms with Gasteiger partial charge >= 0.3 is 5.97 Å². The number of nitrogens with one attached hydrogen (secondary N) is 2. The maximum absolute atomic E-state index is 10.8. The molecule has 0 unspecified atom stereocenters. The van der Waals surface area contributed by atoms with Gasteiger partial charge in [0, 0.05) is 32.0 Å². The second-order valence-electron chi connectivity index (χ2n) is 4.46. The zero-order valence-corrected chi connectivity index (χ0v) is 9.73.